The standard InChI is InChI=1S/C27H26BrNO3/c1-30-20-8-5-7-19(13-20)27-15-18(22-14-21(31-2)10-11-23(22)28)16-29-25(27)12-17-6-4-9-24(32-3)26(17)27/h4-11,13-15,25,29H,12,16H2,1-3H3/t25-,27+/m0/s1. The Hall–Kier alpha value is -2.76. The van der Waals surface area contributed by atoms with Gasteiger partial charge in [0.2, 0.25) is 0 Å². The molecule has 2 atom stereocenters. The van der Waals surface area contributed by atoms with Crippen molar-refractivity contribution in [3.8, 4) is 17.2 Å². The molecule has 32 heavy (non-hydrogen) atoms. The summed E-state index contributed by atoms with van der Waals surface area (Å²) in [5.74, 6) is 2.60. The number of fused-ring (bicyclic) bond motifs is 3. The van der Waals surface area contributed by atoms with Gasteiger partial charge in [-0.15, -0.1) is 0 Å². The summed E-state index contributed by atoms with van der Waals surface area (Å²) in [6.45, 7) is 0.776. The summed E-state index contributed by atoms with van der Waals surface area (Å²) in [6, 6.07) is 21.1. The fourth-order valence-electron chi connectivity index (χ4n) is 5.27. The van der Waals surface area contributed by atoms with E-state index in [2.05, 4.69) is 69.8 Å². The first kappa shape index (κ1) is 21.1. The van der Waals surface area contributed by atoms with Gasteiger partial charge in [-0.05, 0) is 65.1 Å². The number of rotatable bonds is 5. The van der Waals surface area contributed by atoms with Crippen LogP contribution < -0.4 is 19.5 Å². The summed E-state index contributed by atoms with van der Waals surface area (Å²) < 4.78 is 18.1. The number of methoxy groups -OCH3 is 3. The smallest absolute Gasteiger partial charge is 0.123 e. The van der Waals surface area contributed by atoms with Crippen molar-refractivity contribution in [3.63, 3.8) is 0 Å². The fourth-order valence-corrected chi connectivity index (χ4v) is 5.77. The molecule has 3 aromatic rings. The van der Waals surface area contributed by atoms with E-state index in [0.717, 1.165) is 40.3 Å². The lowest BCUT2D eigenvalue weighted by Crippen LogP contribution is -2.49. The van der Waals surface area contributed by atoms with Gasteiger partial charge in [0.1, 0.15) is 17.2 Å². The molecule has 1 heterocycles. The highest BCUT2D eigenvalue weighted by molar-refractivity contribution is 9.10. The number of ether oxygens (including phenoxy) is 3. The minimum atomic E-state index is -0.382. The van der Waals surface area contributed by atoms with Crippen LogP contribution in [-0.4, -0.2) is 33.9 Å². The Morgan fingerprint density at radius 3 is 2.47 bits per heavy atom. The van der Waals surface area contributed by atoms with Crippen molar-refractivity contribution in [2.24, 2.45) is 0 Å². The first-order valence-electron chi connectivity index (χ1n) is 10.7. The van der Waals surface area contributed by atoms with Crippen molar-refractivity contribution in [3.05, 3.63) is 93.5 Å². The van der Waals surface area contributed by atoms with Crippen LogP contribution in [0.5, 0.6) is 17.2 Å². The van der Waals surface area contributed by atoms with Gasteiger partial charge in [-0.25, -0.2) is 0 Å². The van der Waals surface area contributed by atoms with Crippen LogP contribution in [0, 0.1) is 0 Å². The Bertz CT molecular complexity index is 1210. The van der Waals surface area contributed by atoms with Crippen molar-refractivity contribution < 1.29 is 14.2 Å². The van der Waals surface area contributed by atoms with Gasteiger partial charge in [-0.2, -0.15) is 0 Å². The van der Waals surface area contributed by atoms with Crippen LogP contribution >= 0.6 is 15.9 Å². The van der Waals surface area contributed by atoms with Crippen molar-refractivity contribution >= 4 is 21.5 Å². The second kappa shape index (κ2) is 8.30. The van der Waals surface area contributed by atoms with Gasteiger partial charge in [0, 0.05) is 22.6 Å². The summed E-state index contributed by atoms with van der Waals surface area (Å²) in [5.41, 5.74) is 5.69. The van der Waals surface area contributed by atoms with E-state index in [0.29, 0.717) is 0 Å². The Balaban J connectivity index is 1.80. The molecular formula is C27H26BrNO3. The maximum Gasteiger partial charge on any atom is 0.123 e. The molecule has 0 fully saturated rings. The molecule has 164 valence electrons. The van der Waals surface area contributed by atoms with E-state index in [1.807, 2.05) is 18.2 Å². The molecule has 1 aliphatic heterocycles. The zero-order chi connectivity index (χ0) is 22.3. The molecule has 5 rings (SSSR count). The van der Waals surface area contributed by atoms with Crippen LogP contribution in [0.15, 0.2) is 71.2 Å². The van der Waals surface area contributed by atoms with Crippen molar-refractivity contribution in [1.29, 1.82) is 0 Å². The van der Waals surface area contributed by atoms with Crippen LogP contribution in [0.4, 0.5) is 0 Å². The molecule has 3 aromatic carbocycles. The largest absolute Gasteiger partial charge is 0.497 e. The fraction of sp³-hybridized carbons (Fsp3) is 0.259. The molecule has 0 unspecified atom stereocenters. The highest BCUT2D eigenvalue weighted by Gasteiger charge is 2.50. The third-order valence-corrected chi connectivity index (χ3v) is 7.42. The first-order chi connectivity index (χ1) is 15.6. The molecule has 0 radical (unpaired) electrons. The second-order valence-corrected chi connectivity index (χ2v) is 9.10. The summed E-state index contributed by atoms with van der Waals surface area (Å²) in [6.07, 6.45) is 3.36. The third-order valence-electron chi connectivity index (χ3n) is 6.73. The van der Waals surface area contributed by atoms with E-state index in [1.165, 1.54) is 22.3 Å². The lowest BCUT2D eigenvalue weighted by Gasteiger charge is -2.40. The van der Waals surface area contributed by atoms with Gasteiger partial charge in [0.15, 0.2) is 0 Å². The Kier molecular flexibility index (Phi) is 5.48. The molecule has 1 N–H and O–H groups in total. The predicted octanol–water partition coefficient (Wildman–Crippen LogP) is 5.37. The van der Waals surface area contributed by atoms with E-state index >= 15 is 0 Å². The Morgan fingerprint density at radius 2 is 1.69 bits per heavy atom. The number of hydrogen-bond donors (Lipinski definition) is 1. The highest BCUT2D eigenvalue weighted by Crippen LogP contribution is 2.52. The summed E-state index contributed by atoms with van der Waals surface area (Å²) in [5, 5.41) is 3.84. The normalized spacial score (nSPS) is 21.4. The van der Waals surface area contributed by atoms with Crippen molar-refractivity contribution in [2.45, 2.75) is 17.9 Å². The molecule has 0 aromatic heterocycles. The van der Waals surface area contributed by atoms with E-state index < -0.39 is 0 Å². The SMILES string of the molecule is COc1cccc([C@]23C=C(c4cc(OC)ccc4Br)CN[C@H]2Cc2cccc(OC)c23)c1. The number of nitrogens with one attached hydrogen (secondary N) is 1. The molecule has 4 nitrogen and oxygen atoms in total. The van der Waals surface area contributed by atoms with Gasteiger partial charge in [-0.1, -0.05) is 46.3 Å². The van der Waals surface area contributed by atoms with Gasteiger partial charge in [0.05, 0.1) is 26.7 Å². The quantitative estimate of drug-likeness (QED) is 0.520. The summed E-state index contributed by atoms with van der Waals surface area (Å²) in [4.78, 5) is 0. The zero-order valence-electron chi connectivity index (χ0n) is 18.4. The Labute approximate surface area is 197 Å². The number of hydrogen-bond acceptors (Lipinski definition) is 4. The average Bonchev–Trinajstić information content (AvgIpc) is 3.19. The lowest BCUT2D eigenvalue weighted by molar-refractivity contribution is 0.383. The van der Waals surface area contributed by atoms with Crippen LogP contribution in [-0.2, 0) is 11.8 Å². The maximum absolute atomic E-state index is 5.89. The monoisotopic (exact) mass is 491 g/mol. The van der Waals surface area contributed by atoms with Crippen molar-refractivity contribution in [2.75, 3.05) is 27.9 Å². The van der Waals surface area contributed by atoms with Gasteiger partial charge in [-0.3, -0.25) is 0 Å². The summed E-state index contributed by atoms with van der Waals surface area (Å²) in [7, 11) is 5.17. The van der Waals surface area contributed by atoms with Gasteiger partial charge < -0.3 is 19.5 Å². The second-order valence-electron chi connectivity index (χ2n) is 8.25. The zero-order valence-corrected chi connectivity index (χ0v) is 20.0. The minimum absolute atomic E-state index is 0.217. The molecule has 0 saturated heterocycles. The molecular weight excluding hydrogens is 466 g/mol. The molecule has 0 bridgehead atoms. The highest BCUT2D eigenvalue weighted by atomic mass is 79.9. The number of benzene rings is 3. The molecule has 0 spiro atoms. The lowest BCUT2D eigenvalue weighted by atomic mass is 9.69. The summed E-state index contributed by atoms with van der Waals surface area (Å²) >= 11 is 3.76. The molecule has 0 amide bonds. The van der Waals surface area contributed by atoms with Crippen LogP contribution in [0.1, 0.15) is 22.3 Å². The van der Waals surface area contributed by atoms with Crippen molar-refractivity contribution in [1.82, 2.24) is 5.32 Å². The molecule has 5 heteroatoms. The van der Waals surface area contributed by atoms with Gasteiger partial charge >= 0.3 is 0 Å². The van der Waals surface area contributed by atoms with Crippen LogP contribution in [0.2, 0.25) is 0 Å². The van der Waals surface area contributed by atoms with Crippen LogP contribution in [0.3, 0.4) is 0 Å². The Morgan fingerprint density at radius 1 is 0.906 bits per heavy atom. The van der Waals surface area contributed by atoms with E-state index in [9.17, 15) is 0 Å². The topological polar surface area (TPSA) is 39.7 Å². The predicted molar refractivity (Wildman–Crippen MR) is 131 cm³/mol. The maximum atomic E-state index is 5.89. The van der Waals surface area contributed by atoms with Crippen LogP contribution in [0.25, 0.3) is 5.57 Å². The van der Waals surface area contributed by atoms with E-state index in [4.69, 9.17) is 14.2 Å². The average molecular weight is 492 g/mol. The first-order valence-corrected chi connectivity index (χ1v) is 11.5. The third kappa shape index (κ3) is 3.23. The molecule has 2 aliphatic rings. The van der Waals surface area contributed by atoms with Gasteiger partial charge in [0.25, 0.3) is 0 Å². The van der Waals surface area contributed by atoms with E-state index in [1.54, 1.807) is 21.3 Å². The molecule has 1 aliphatic carbocycles. The molecule has 0 saturated carbocycles. The minimum Gasteiger partial charge on any atom is -0.497 e. The van der Waals surface area contributed by atoms with E-state index in [-0.39, 0.29) is 11.5 Å². The number of halogens is 1.